The predicted octanol–water partition coefficient (Wildman–Crippen LogP) is -2.82. The highest BCUT2D eigenvalue weighted by atomic mass is 32.3. The molecule has 2 saturated carbocycles. The monoisotopic (exact) mass is 1140 g/mol. The van der Waals surface area contributed by atoms with E-state index in [1.165, 1.54) is 44.2 Å². The molecule has 0 bridgehead atoms. The second-order valence-corrected chi connectivity index (χ2v) is 21.7. The number of rotatable bonds is 28. The number of carbonyl (C=O) groups is 4. The van der Waals surface area contributed by atoms with Crippen LogP contribution in [0.25, 0.3) is 0 Å². The van der Waals surface area contributed by atoms with E-state index in [4.69, 9.17) is 28.4 Å². The van der Waals surface area contributed by atoms with Gasteiger partial charge >= 0.3 is 10.4 Å². The van der Waals surface area contributed by atoms with E-state index >= 15 is 0 Å². The molecular weight excluding hydrogens is 1060 g/mol. The van der Waals surface area contributed by atoms with E-state index in [2.05, 4.69) is 32.4 Å². The first-order valence-electron chi connectivity index (χ1n) is 26.7. The summed E-state index contributed by atoms with van der Waals surface area (Å²) in [5, 5.41) is 110. The number of benzene rings is 1. The van der Waals surface area contributed by atoms with Crippen molar-refractivity contribution in [3.8, 4) is 5.75 Å². The molecular formula is C50H82N4O23S. The van der Waals surface area contributed by atoms with Crippen molar-refractivity contribution in [2.45, 2.75) is 208 Å². The van der Waals surface area contributed by atoms with Crippen LogP contribution >= 0.6 is 0 Å². The fraction of sp³-hybridized carbons (Fsp3) is 0.800. The summed E-state index contributed by atoms with van der Waals surface area (Å²) < 4.78 is 73.7. The first-order chi connectivity index (χ1) is 37.0. The summed E-state index contributed by atoms with van der Waals surface area (Å²) in [5.41, 5.74) is 0.0884. The average molecular weight is 1140 g/mol. The highest BCUT2D eigenvalue weighted by Gasteiger charge is 2.56. The van der Waals surface area contributed by atoms with Crippen LogP contribution in [0.2, 0.25) is 0 Å². The maximum Gasteiger partial charge on any atom is 0.397 e. The van der Waals surface area contributed by atoms with Gasteiger partial charge < -0.3 is 95.6 Å². The minimum Gasteiger partial charge on any atom is -0.494 e. The zero-order valence-corrected chi connectivity index (χ0v) is 45.2. The van der Waals surface area contributed by atoms with Crippen molar-refractivity contribution in [1.29, 1.82) is 0 Å². The first-order valence-corrected chi connectivity index (χ1v) is 28.0. The summed E-state index contributed by atoms with van der Waals surface area (Å²) in [5.74, 6) is -4.89. The Kier molecular flexibility index (Phi) is 25.7. The van der Waals surface area contributed by atoms with Gasteiger partial charge in [-0.3, -0.25) is 23.7 Å². The topological polar surface area (TPSA) is 417 Å². The van der Waals surface area contributed by atoms with Gasteiger partial charge in [0.1, 0.15) is 66.7 Å². The highest BCUT2D eigenvalue weighted by molar-refractivity contribution is 7.80. The van der Waals surface area contributed by atoms with E-state index in [9.17, 15) is 78.1 Å². The standard InChI is InChI=1S/C50H82N4O23S/c1-5-6-7-8-9-10-11-12-13-17-71-31-16-14-15-28(18-31)48(67)54-38-41(63)40(62)34(22-56)74-49(38)77-47-35(23-57)75-50(39(44(47)66)53-27(4)60)76-45-29(21-55)20-33(37(43(45)65)52-26(3)59)73-46-30(24-72-78(68,69)70)19-32(61)36(42(46)64)51-25(2)58/h14-16,18,29-30,32-47,49-50,55-57,61-66H,5-13,17,19-24H2,1-4H3,(H,51,58)(H,52,59)(H,53,60)(H,54,67)(H,68,69,70)/t29?,30-,32?,33+,34?,35-,36?,37+,38-,39?,40+,41+,42?,43+,44?,45?,46+,47+,49?,50?/m0/s1. The molecule has 0 aromatic heterocycles. The number of aliphatic hydroxyl groups excluding tert-OH is 9. The van der Waals surface area contributed by atoms with Crippen molar-refractivity contribution in [1.82, 2.24) is 21.3 Å². The molecule has 10 unspecified atom stereocenters. The molecule has 2 heterocycles. The Balaban J connectivity index is 1.34. The zero-order chi connectivity index (χ0) is 57.4. The van der Waals surface area contributed by atoms with Gasteiger partial charge in [-0.2, -0.15) is 8.42 Å². The summed E-state index contributed by atoms with van der Waals surface area (Å²) in [6, 6.07) is 0.110. The molecule has 20 atom stereocenters. The van der Waals surface area contributed by atoms with Gasteiger partial charge in [0.2, 0.25) is 17.7 Å². The zero-order valence-electron chi connectivity index (χ0n) is 44.4. The van der Waals surface area contributed by atoms with Crippen molar-refractivity contribution < 1.29 is 111 Å². The van der Waals surface area contributed by atoms with Gasteiger partial charge in [-0.05, 0) is 37.5 Å². The van der Waals surface area contributed by atoms with Gasteiger partial charge in [0.15, 0.2) is 12.6 Å². The molecule has 0 spiro atoms. The summed E-state index contributed by atoms with van der Waals surface area (Å²) >= 11 is 0. The van der Waals surface area contributed by atoms with E-state index in [1.54, 1.807) is 12.1 Å². The molecule has 2 saturated heterocycles. The van der Waals surface area contributed by atoms with Crippen molar-refractivity contribution in [3.05, 3.63) is 29.8 Å². The molecule has 4 fully saturated rings. The molecule has 2 aliphatic carbocycles. The lowest BCUT2D eigenvalue weighted by Gasteiger charge is -2.51. The van der Waals surface area contributed by atoms with Gasteiger partial charge in [-0.1, -0.05) is 64.4 Å². The van der Waals surface area contributed by atoms with Gasteiger partial charge in [0.25, 0.3) is 5.91 Å². The van der Waals surface area contributed by atoms with Crippen LogP contribution in [0.1, 0.15) is 109 Å². The molecule has 1 aromatic carbocycles. The number of ether oxygens (including phenoxy) is 6. The van der Waals surface area contributed by atoms with Crippen molar-refractivity contribution in [2.24, 2.45) is 11.8 Å². The number of hydrogen-bond donors (Lipinski definition) is 14. The fourth-order valence-corrected chi connectivity index (χ4v) is 11.0. The Morgan fingerprint density at radius 3 is 1.72 bits per heavy atom. The number of amides is 4. The molecule has 14 N–H and O–H groups in total. The van der Waals surface area contributed by atoms with Crippen LogP contribution in [0.5, 0.6) is 5.75 Å². The maximum absolute atomic E-state index is 13.8. The third-order valence-corrected chi connectivity index (χ3v) is 15.0. The molecule has 2 aliphatic heterocycles. The SMILES string of the molecule is CCCCCCCCCCCOc1cccc(C(=O)N[C@@H]2C(O[C@H]3C(O)C(NC(C)=O)C(OC4C(CO)C[C@@H](O[C@H]5C(O)C(NC(C)=O)C(O)C[C@H]5COS(=O)(=O)O)[C@@H](NC(C)=O)[C@H]4O)O[C@H]3CO)OC(CO)[C@@H](O)[C@@H]2O)c1. The van der Waals surface area contributed by atoms with Crippen molar-refractivity contribution in [2.75, 3.05) is 33.0 Å². The average Bonchev–Trinajstić information content (AvgIpc) is 3.47. The lowest BCUT2D eigenvalue weighted by atomic mass is 9.77. The van der Waals surface area contributed by atoms with Crippen LogP contribution in [-0.2, 0) is 52.7 Å². The molecule has 78 heavy (non-hydrogen) atoms. The normalized spacial score (nSPS) is 35.3. The Labute approximate surface area is 453 Å². The second kappa shape index (κ2) is 30.9. The Morgan fingerprint density at radius 1 is 0.603 bits per heavy atom. The van der Waals surface area contributed by atoms with Crippen molar-refractivity contribution >= 4 is 34.0 Å². The van der Waals surface area contributed by atoms with Crippen LogP contribution in [0, 0.1) is 11.8 Å². The number of nitrogens with one attached hydrogen (secondary N) is 4. The number of unbranched alkanes of at least 4 members (excludes halogenated alkanes) is 8. The maximum atomic E-state index is 13.8. The Morgan fingerprint density at radius 2 is 1.13 bits per heavy atom. The second-order valence-electron chi connectivity index (χ2n) is 20.6. The lowest BCUT2D eigenvalue weighted by molar-refractivity contribution is -0.342. The molecule has 5 rings (SSSR count). The van der Waals surface area contributed by atoms with Crippen molar-refractivity contribution in [3.63, 3.8) is 0 Å². The predicted molar refractivity (Wildman–Crippen MR) is 270 cm³/mol. The summed E-state index contributed by atoms with van der Waals surface area (Å²) in [6.07, 6.45) is -14.1. The van der Waals surface area contributed by atoms with E-state index < -0.39 is 182 Å². The van der Waals surface area contributed by atoms with Gasteiger partial charge in [-0.25, -0.2) is 4.18 Å². The molecule has 4 amide bonds. The number of carbonyl (C=O) groups excluding carboxylic acids is 4. The quantitative estimate of drug-likeness (QED) is 0.0297. The van der Waals surface area contributed by atoms with Gasteiger partial charge in [0.05, 0.1) is 62.9 Å². The number of aliphatic hydroxyl groups is 9. The molecule has 28 heteroatoms. The minimum atomic E-state index is -5.05. The molecule has 446 valence electrons. The molecule has 4 aliphatic rings. The van der Waals surface area contributed by atoms with E-state index in [0.29, 0.717) is 12.4 Å². The number of hydrogen-bond acceptors (Lipinski definition) is 22. The first kappa shape index (κ1) is 65.0. The lowest BCUT2D eigenvalue weighted by Crippen LogP contribution is -2.70. The summed E-state index contributed by atoms with van der Waals surface area (Å²) in [4.78, 5) is 51.3. The fourth-order valence-electron chi connectivity index (χ4n) is 10.6. The van der Waals surface area contributed by atoms with E-state index in [-0.39, 0.29) is 18.4 Å². The molecule has 0 radical (unpaired) electrons. The van der Waals surface area contributed by atoms with Gasteiger partial charge in [-0.15, -0.1) is 0 Å². The smallest absolute Gasteiger partial charge is 0.397 e. The highest BCUT2D eigenvalue weighted by Crippen LogP contribution is 2.38. The summed E-state index contributed by atoms with van der Waals surface area (Å²) in [7, 11) is -5.05. The molecule has 1 aromatic rings. The third kappa shape index (κ3) is 18.1. The third-order valence-electron chi connectivity index (χ3n) is 14.6. The van der Waals surface area contributed by atoms with E-state index in [1.807, 2.05) is 0 Å². The van der Waals surface area contributed by atoms with Crippen LogP contribution in [0.3, 0.4) is 0 Å². The van der Waals surface area contributed by atoms with Crippen LogP contribution in [0.4, 0.5) is 0 Å². The summed E-state index contributed by atoms with van der Waals surface area (Å²) in [6.45, 7) is 2.48. The Bertz CT molecular complexity index is 2170. The van der Waals surface area contributed by atoms with Crippen LogP contribution < -0.4 is 26.0 Å². The van der Waals surface area contributed by atoms with Crippen LogP contribution in [0.15, 0.2) is 24.3 Å². The largest absolute Gasteiger partial charge is 0.494 e. The van der Waals surface area contributed by atoms with E-state index in [0.717, 1.165) is 46.5 Å². The minimum absolute atomic E-state index is 0.0884. The van der Waals surface area contributed by atoms with Gasteiger partial charge in [0, 0.05) is 44.8 Å². The Hall–Kier alpha value is -3.79. The van der Waals surface area contributed by atoms with Crippen LogP contribution in [-0.4, -0.2) is 226 Å². The molecule has 27 nitrogen and oxygen atoms in total.